The van der Waals surface area contributed by atoms with E-state index in [2.05, 4.69) is 15.2 Å². The Morgan fingerprint density at radius 1 is 1.12 bits per heavy atom. The van der Waals surface area contributed by atoms with E-state index in [1.807, 2.05) is 24.4 Å². The summed E-state index contributed by atoms with van der Waals surface area (Å²) in [5.41, 5.74) is 9.41. The maximum atomic E-state index is 12.9. The van der Waals surface area contributed by atoms with Gasteiger partial charge < -0.3 is 25.9 Å². The summed E-state index contributed by atoms with van der Waals surface area (Å²) in [7, 11) is 0. The number of nitrogens with two attached hydrogens (primary N) is 1. The number of ketones is 1. The van der Waals surface area contributed by atoms with E-state index < -0.39 is 0 Å². The lowest BCUT2D eigenvalue weighted by atomic mass is 10.0. The monoisotopic (exact) mass is 498 g/mol. The van der Waals surface area contributed by atoms with Crippen molar-refractivity contribution in [1.82, 2.24) is 15.2 Å². The number of Topliss-reactive ketones (excluding diaryl/α,β-unsaturated/α-hetero) is 1. The maximum Gasteiger partial charge on any atom is 0.231 e. The van der Waals surface area contributed by atoms with Gasteiger partial charge in [-0.25, -0.2) is 0 Å². The largest absolute Gasteiger partial charge is 0.507 e. The van der Waals surface area contributed by atoms with Crippen LogP contribution in [0.5, 0.6) is 11.5 Å². The Morgan fingerprint density at radius 3 is 2.62 bits per heavy atom. The standard InChI is InChI=1S/C22H22N4O3.3ClH/c23-14-1-2-15-13(11-25-18(15)10-14)9-20-21(28)16-3-4-19(27)17(22(16)29-20)12-26-7-5-24-6-8-26;;;/h1-4,9-11,24-25,27H,5-8,12,23H2;3*1H. The van der Waals surface area contributed by atoms with Crippen molar-refractivity contribution in [3.63, 3.8) is 0 Å². The lowest BCUT2D eigenvalue weighted by molar-refractivity contribution is 0.101. The SMILES string of the molecule is Cl.Cl.Cl.Nc1ccc2c(C=C3Oc4c(ccc(O)c4CN4CCNCC4)C3=O)c[nH]c2c1. The minimum Gasteiger partial charge on any atom is -0.507 e. The number of anilines is 1. The summed E-state index contributed by atoms with van der Waals surface area (Å²) < 4.78 is 5.99. The summed E-state index contributed by atoms with van der Waals surface area (Å²) in [5.74, 6) is 0.694. The smallest absolute Gasteiger partial charge is 0.231 e. The summed E-state index contributed by atoms with van der Waals surface area (Å²) in [6.45, 7) is 4.14. The van der Waals surface area contributed by atoms with E-state index in [9.17, 15) is 9.90 Å². The summed E-state index contributed by atoms with van der Waals surface area (Å²) in [5, 5.41) is 14.7. The van der Waals surface area contributed by atoms with Gasteiger partial charge >= 0.3 is 0 Å². The summed E-state index contributed by atoms with van der Waals surface area (Å²) in [6.07, 6.45) is 3.57. The van der Waals surface area contributed by atoms with Gasteiger partial charge in [-0.15, -0.1) is 37.2 Å². The third-order valence-corrected chi connectivity index (χ3v) is 5.53. The van der Waals surface area contributed by atoms with Crippen LogP contribution in [-0.2, 0) is 6.54 Å². The number of nitrogens with one attached hydrogen (secondary N) is 2. The Morgan fingerprint density at radius 2 is 1.88 bits per heavy atom. The van der Waals surface area contributed by atoms with Gasteiger partial charge in [0.05, 0.1) is 11.1 Å². The van der Waals surface area contributed by atoms with Crippen molar-refractivity contribution in [2.45, 2.75) is 6.54 Å². The number of phenols is 1. The molecule has 0 aliphatic carbocycles. The van der Waals surface area contributed by atoms with Crippen LogP contribution in [-0.4, -0.2) is 47.0 Å². The number of hydrogen-bond acceptors (Lipinski definition) is 6. The molecule has 2 aromatic carbocycles. The second kappa shape index (κ2) is 10.5. The van der Waals surface area contributed by atoms with Crippen molar-refractivity contribution in [3.8, 4) is 11.5 Å². The second-order valence-corrected chi connectivity index (χ2v) is 7.45. The predicted octanol–water partition coefficient (Wildman–Crippen LogP) is 3.74. The molecule has 32 heavy (non-hydrogen) atoms. The first-order chi connectivity index (χ1) is 14.1. The number of aromatic nitrogens is 1. The average molecular weight is 500 g/mol. The van der Waals surface area contributed by atoms with Gasteiger partial charge in [-0.2, -0.15) is 0 Å². The van der Waals surface area contributed by atoms with E-state index in [0.29, 0.717) is 29.1 Å². The molecule has 5 N–H and O–H groups in total. The minimum atomic E-state index is -0.175. The molecule has 172 valence electrons. The van der Waals surface area contributed by atoms with Crippen LogP contribution >= 0.6 is 37.2 Å². The highest BCUT2D eigenvalue weighted by Gasteiger charge is 2.32. The highest BCUT2D eigenvalue weighted by Crippen LogP contribution is 2.40. The Kier molecular flexibility index (Phi) is 8.45. The van der Waals surface area contributed by atoms with E-state index in [-0.39, 0.29) is 54.5 Å². The molecule has 0 amide bonds. The fourth-order valence-electron chi connectivity index (χ4n) is 3.97. The van der Waals surface area contributed by atoms with Crippen molar-refractivity contribution in [2.24, 2.45) is 0 Å². The highest BCUT2D eigenvalue weighted by molar-refractivity contribution is 6.15. The number of hydrogen-bond donors (Lipinski definition) is 4. The van der Waals surface area contributed by atoms with Crippen LogP contribution in [0.4, 0.5) is 5.69 Å². The molecule has 10 heteroatoms. The van der Waals surface area contributed by atoms with E-state index >= 15 is 0 Å². The number of H-pyrrole nitrogens is 1. The van der Waals surface area contributed by atoms with Crippen molar-refractivity contribution in [1.29, 1.82) is 0 Å². The number of nitrogens with zero attached hydrogens (tertiary/aromatic N) is 1. The third-order valence-electron chi connectivity index (χ3n) is 5.53. The van der Waals surface area contributed by atoms with Gasteiger partial charge in [0.25, 0.3) is 0 Å². The molecule has 0 spiro atoms. The number of aromatic hydroxyl groups is 1. The van der Waals surface area contributed by atoms with Crippen molar-refractivity contribution in [3.05, 3.63) is 59.0 Å². The van der Waals surface area contributed by atoms with Crippen molar-refractivity contribution >= 4 is 65.7 Å². The number of aromatic amines is 1. The first-order valence-corrected chi connectivity index (χ1v) is 9.69. The van der Waals surface area contributed by atoms with Crippen LogP contribution in [0, 0.1) is 0 Å². The molecule has 3 heterocycles. The van der Waals surface area contributed by atoms with Gasteiger partial charge in [0.2, 0.25) is 5.78 Å². The molecule has 0 saturated carbocycles. The molecule has 0 atom stereocenters. The molecule has 5 rings (SSSR count). The summed E-state index contributed by atoms with van der Waals surface area (Å²) in [4.78, 5) is 18.4. The first-order valence-electron chi connectivity index (χ1n) is 9.69. The lowest BCUT2D eigenvalue weighted by Gasteiger charge is -2.27. The number of phenolic OH excluding ortho intramolecular Hbond substituents is 1. The number of allylic oxidation sites excluding steroid dienone is 1. The summed E-state index contributed by atoms with van der Waals surface area (Å²) in [6, 6.07) is 8.81. The predicted molar refractivity (Wildman–Crippen MR) is 134 cm³/mol. The molecule has 1 fully saturated rings. The van der Waals surface area contributed by atoms with E-state index in [1.54, 1.807) is 18.2 Å². The molecule has 1 aromatic heterocycles. The molecule has 2 aliphatic heterocycles. The Bertz CT molecular complexity index is 1160. The molecule has 1 saturated heterocycles. The Balaban J connectivity index is 0.00000121. The topological polar surface area (TPSA) is 104 Å². The van der Waals surface area contributed by atoms with Gasteiger partial charge in [-0.05, 0) is 30.3 Å². The fraction of sp³-hybridized carbons (Fsp3) is 0.227. The molecule has 3 aromatic rings. The highest BCUT2D eigenvalue weighted by atomic mass is 35.5. The van der Waals surface area contributed by atoms with Gasteiger partial charge in [0.1, 0.15) is 11.5 Å². The number of fused-ring (bicyclic) bond motifs is 2. The number of halogens is 3. The van der Waals surface area contributed by atoms with Crippen LogP contribution in [0.3, 0.4) is 0 Å². The number of rotatable bonds is 3. The van der Waals surface area contributed by atoms with E-state index in [1.165, 1.54) is 0 Å². The second-order valence-electron chi connectivity index (χ2n) is 7.45. The van der Waals surface area contributed by atoms with Gasteiger partial charge in [-0.1, -0.05) is 6.07 Å². The third kappa shape index (κ3) is 4.67. The quantitative estimate of drug-likeness (QED) is 0.323. The zero-order chi connectivity index (χ0) is 20.0. The molecule has 2 aliphatic rings. The van der Waals surface area contributed by atoms with Crippen LogP contribution in [0.25, 0.3) is 17.0 Å². The number of nitrogen functional groups attached to an aromatic ring is 1. The van der Waals surface area contributed by atoms with Gasteiger partial charge in [0, 0.05) is 61.1 Å². The fourth-order valence-corrected chi connectivity index (χ4v) is 3.97. The molecule has 0 unspecified atom stereocenters. The molecule has 0 bridgehead atoms. The van der Waals surface area contributed by atoms with E-state index in [4.69, 9.17) is 10.5 Å². The molecule has 0 radical (unpaired) electrons. The first kappa shape index (κ1) is 25.8. The Labute approximate surface area is 204 Å². The number of carbonyl (C=O) groups excluding carboxylic acids is 1. The number of ether oxygens (including phenoxy) is 1. The maximum absolute atomic E-state index is 12.9. The normalized spacial score (nSPS) is 16.6. The zero-order valence-electron chi connectivity index (χ0n) is 17.1. The molecular formula is C22H25Cl3N4O3. The molecular weight excluding hydrogens is 475 g/mol. The van der Waals surface area contributed by atoms with E-state index in [0.717, 1.165) is 42.6 Å². The molecule has 7 nitrogen and oxygen atoms in total. The van der Waals surface area contributed by atoms with Crippen LogP contribution in [0.2, 0.25) is 0 Å². The Hall–Kier alpha value is -2.42. The number of carbonyl (C=O) groups is 1. The summed E-state index contributed by atoms with van der Waals surface area (Å²) >= 11 is 0. The van der Waals surface area contributed by atoms with Crippen LogP contribution in [0.15, 0.2) is 42.3 Å². The van der Waals surface area contributed by atoms with Crippen LogP contribution in [0.1, 0.15) is 21.5 Å². The lowest BCUT2D eigenvalue weighted by Crippen LogP contribution is -2.42. The van der Waals surface area contributed by atoms with Crippen molar-refractivity contribution < 1.29 is 14.6 Å². The zero-order valence-corrected chi connectivity index (χ0v) is 19.5. The van der Waals surface area contributed by atoms with Crippen molar-refractivity contribution in [2.75, 3.05) is 31.9 Å². The number of benzene rings is 2. The van der Waals surface area contributed by atoms with Crippen LogP contribution < -0.4 is 15.8 Å². The average Bonchev–Trinajstić information content (AvgIpc) is 3.26. The minimum absolute atomic E-state index is 0. The van der Waals surface area contributed by atoms with Gasteiger partial charge in [0.15, 0.2) is 5.76 Å². The number of piperazine rings is 1. The van der Waals surface area contributed by atoms with Gasteiger partial charge in [-0.3, -0.25) is 9.69 Å².